The maximum atomic E-state index is 12.8. The van der Waals surface area contributed by atoms with Gasteiger partial charge in [-0.2, -0.15) is 0 Å². The molecule has 1 aliphatic rings. The molecule has 0 unspecified atom stereocenters. The highest BCUT2D eigenvalue weighted by atomic mass is 16.5. The molecule has 1 aliphatic heterocycles. The summed E-state index contributed by atoms with van der Waals surface area (Å²) in [5, 5.41) is 0. The SMILES string of the molecule is COCCN(CC(C)C)C(=O)C1CCN(C(=O)C(C)(C)C)CC1. The molecular formula is C18H34N2O3. The molecule has 0 aromatic heterocycles. The Morgan fingerprint density at radius 1 is 1.22 bits per heavy atom. The van der Waals surface area contributed by atoms with E-state index < -0.39 is 0 Å². The monoisotopic (exact) mass is 326 g/mol. The number of likely N-dealkylation sites (tertiary alicyclic amines) is 1. The molecule has 1 rings (SSSR count). The summed E-state index contributed by atoms with van der Waals surface area (Å²) < 4.78 is 5.13. The summed E-state index contributed by atoms with van der Waals surface area (Å²) in [4.78, 5) is 28.9. The topological polar surface area (TPSA) is 49.9 Å². The summed E-state index contributed by atoms with van der Waals surface area (Å²) in [7, 11) is 1.66. The quantitative estimate of drug-likeness (QED) is 0.753. The molecule has 0 saturated carbocycles. The third-order valence-electron chi connectivity index (χ3n) is 4.24. The first kappa shape index (κ1) is 19.9. The molecule has 0 bridgehead atoms. The van der Waals surface area contributed by atoms with Crippen molar-refractivity contribution in [3.05, 3.63) is 0 Å². The lowest BCUT2D eigenvalue weighted by atomic mass is 9.90. The normalized spacial score (nSPS) is 16.7. The smallest absolute Gasteiger partial charge is 0.227 e. The number of hydrogen-bond donors (Lipinski definition) is 0. The number of nitrogens with zero attached hydrogens (tertiary/aromatic N) is 2. The lowest BCUT2D eigenvalue weighted by molar-refractivity contribution is -0.145. The van der Waals surface area contributed by atoms with Crippen molar-refractivity contribution in [2.75, 3.05) is 39.9 Å². The standard InChI is InChI=1S/C18H34N2O3/c1-14(2)13-20(11-12-23-6)16(21)15-7-9-19(10-8-15)17(22)18(3,4)5/h14-15H,7-13H2,1-6H3. The van der Waals surface area contributed by atoms with E-state index >= 15 is 0 Å². The van der Waals surface area contributed by atoms with Gasteiger partial charge in [0.1, 0.15) is 0 Å². The zero-order valence-corrected chi connectivity index (χ0v) is 15.7. The summed E-state index contributed by atoms with van der Waals surface area (Å²) >= 11 is 0. The zero-order chi connectivity index (χ0) is 17.6. The van der Waals surface area contributed by atoms with Crippen LogP contribution in [-0.2, 0) is 14.3 Å². The number of ether oxygens (including phenoxy) is 1. The van der Waals surface area contributed by atoms with Gasteiger partial charge in [0.2, 0.25) is 11.8 Å². The van der Waals surface area contributed by atoms with Gasteiger partial charge in [-0.1, -0.05) is 34.6 Å². The van der Waals surface area contributed by atoms with Crippen molar-refractivity contribution in [2.24, 2.45) is 17.3 Å². The van der Waals surface area contributed by atoms with Gasteiger partial charge < -0.3 is 14.5 Å². The fraction of sp³-hybridized carbons (Fsp3) is 0.889. The maximum Gasteiger partial charge on any atom is 0.227 e. The molecule has 0 radical (unpaired) electrons. The van der Waals surface area contributed by atoms with Crippen molar-refractivity contribution in [1.82, 2.24) is 9.80 Å². The lowest BCUT2D eigenvalue weighted by Gasteiger charge is -2.37. The molecular weight excluding hydrogens is 292 g/mol. The van der Waals surface area contributed by atoms with E-state index in [-0.39, 0.29) is 23.1 Å². The molecule has 0 spiro atoms. The van der Waals surface area contributed by atoms with Crippen LogP contribution in [0.4, 0.5) is 0 Å². The summed E-state index contributed by atoms with van der Waals surface area (Å²) in [5.74, 6) is 0.883. The summed E-state index contributed by atoms with van der Waals surface area (Å²) in [6.45, 7) is 13.4. The number of carbonyl (C=O) groups is 2. The molecule has 5 nitrogen and oxygen atoms in total. The van der Waals surface area contributed by atoms with Crippen LogP contribution in [0, 0.1) is 17.3 Å². The Morgan fingerprint density at radius 2 is 1.78 bits per heavy atom. The van der Waals surface area contributed by atoms with Gasteiger partial charge in [-0.25, -0.2) is 0 Å². The summed E-state index contributed by atoms with van der Waals surface area (Å²) in [5.41, 5.74) is -0.348. The van der Waals surface area contributed by atoms with Crippen LogP contribution < -0.4 is 0 Å². The molecule has 1 saturated heterocycles. The lowest BCUT2D eigenvalue weighted by Crippen LogP contribution is -2.48. The summed E-state index contributed by atoms with van der Waals surface area (Å²) in [6, 6.07) is 0. The van der Waals surface area contributed by atoms with Crippen LogP contribution in [0.15, 0.2) is 0 Å². The number of amides is 2. The molecule has 0 atom stereocenters. The Morgan fingerprint density at radius 3 is 2.22 bits per heavy atom. The predicted octanol–water partition coefficient (Wildman–Crippen LogP) is 2.40. The van der Waals surface area contributed by atoms with Crippen LogP contribution >= 0.6 is 0 Å². The predicted molar refractivity (Wildman–Crippen MR) is 92.1 cm³/mol. The molecule has 2 amide bonds. The van der Waals surface area contributed by atoms with Crippen molar-refractivity contribution >= 4 is 11.8 Å². The fourth-order valence-corrected chi connectivity index (χ4v) is 3.00. The second-order valence-corrected chi connectivity index (χ2v) is 7.99. The average Bonchev–Trinajstić information content (AvgIpc) is 2.49. The number of methoxy groups -OCH3 is 1. The van der Waals surface area contributed by atoms with Crippen LogP contribution in [0.1, 0.15) is 47.5 Å². The van der Waals surface area contributed by atoms with Gasteiger partial charge in [0.25, 0.3) is 0 Å². The molecule has 1 heterocycles. The van der Waals surface area contributed by atoms with Crippen molar-refractivity contribution in [2.45, 2.75) is 47.5 Å². The Bertz CT molecular complexity index is 394. The highest BCUT2D eigenvalue weighted by Gasteiger charge is 2.33. The Labute approximate surface area is 141 Å². The van der Waals surface area contributed by atoms with Gasteiger partial charge in [0, 0.05) is 44.6 Å². The highest BCUT2D eigenvalue weighted by molar-refractivity contribution is 5.82. The van der Waals surface area contributed by atoms with Gasteiger partial charge in [-0.15, -0.1) is 0 Å². The third-order valence-corrected chi connectivity index (χ3v) is 4.24. The van der Waals surface area contributed by atoms with Crippen molar-refractivity contribution in [1.29, 1.82) is 0 Å². The van der Waals surface area contributed by atoms with E-state index in [0.29, 0.717) is 32.2 Å². The first-order valence-corrected chi connectivity index (χ1v) is 8.74. The molecule has 1 fully saturated rings. The highest BCUT2D eigenvalue weighted by Crippen LogP contribution is 2.25. The Balaban J connectivity index is 2.59. The van der Waals surface area contributed by atoms with Gasteiger partial charge in [-0.3, -0.25) is 9.59 Å². The number of piperidine rings is 1. The van der Waals surface area contributed by atoms with E-state index in [0.717, 1.165) is 19.4 Å². The average molecular weight is 326 g/mol. The number of rotatable bonds is 6. The van der Waals surface area contributed by atoms with E-state index in [9.17, 15) is 9.59 Å². The summed E-state index contributed by atoms with van der Waals surface area (Å²) in [6.07, 6.45) is 1.53. The van der Waals surface area contributed by atoms with Gasteiger partial charge >= 0.3 is 0 Å². The molecule has 5 heteroatoms. The van der Waals surface area contributed by atoms with Gasteiger partial charge in [-0.05, 0) is 18.8 Å². The molecule has 0 N–H and O–H groups in total. The van der Waals surface area contributed by atoms with Crippen LogP contribution in [0.3, 0.4) is 0 Å². The zero-order valence-electron chi connectivity index (χ0n) is 15.7. The van der Waals surface area contributed by atoms with Crippen molar-refractivity contribution in [3.8, 4) is 0 Å². The van der Waals surface area contributed by atoms with E-state index in [4.69, 9.17) is 4.74 Å². The second kappa shape index (κ2) is 8.67. The maximum absolute atomic E-state index is 12.8. The number of carbonyl (C=O) groups excluding carboxylic acids is 2. The van der Waals surface area contributed by atoms with Gasteiger partial charge in [0.05, 0.1) is 6.61 Å². The van der Waals surface area contributed by atoms with Gasteiger partial charge in [0.15, 0.2) is 0 Å². The first-order chi connectivity index (χ1) is 10.7. The van der Waals surface area contributed by atoms with Crippen LogP contribution in [0.2, 0.25) is 0 Å². The van der Waals surface area contributed by atoms with E-state index in [2.05, 4.69) is 13.8 Å². The molecule has 23 heavy (non-hydrogen) atoms. The molecule has 0 aromatic carbocycles. The molecule has 0 aliphatic carbocycles. The first-order valence-electron chi connectivity index (χ1n) is 8.74. The van der Waals surface area contributed by atoms with Crippen molar-refractivity contribution in [3.63, 3.8) is 0 Å². The minimum Gasteiger partial charge on any atom is -0.383 e. The van der Waals surface area contributed by atoms with Crippen molar-refractivity contribution < 1.29 is 14.3 Å². The largest absolute Gasteiger partial charge is 0.383 e. The second-order valence-electron chi connectivity index (χ2n) is 7.99. The Hall–Kier alpha value is -1.10. The van der Waals surface area contributed by atoms with E-state index in [1.807, 2.05) is 30.6 Å². The fourth-order valence-electron chi connectivity index (χ4n) is 3.00. The molecule has 134 valence electrons. The minimum atomic E-state index is -0.348. The minimum absolute atomic E-state index is 0.0367. The number of hydrogen-bond acceptors (Lipinski definition) is 3. The van der Waals surface area contributed by atoms with Crippen LogP contribution in [-0.4, -0.2) is 61.5 Å². The van der Waals surface area contributed by atoms with Crippen LogP contribution in [0.5, 0.6) is 0 Å². The third kappa shape index (κ3) is 6.13. The van der Waals surface area contributed by atoms with E-state index in [1.165, 1.54) is 0 Å². The Kier molecular flexibility index (Phi) is 7.52. The van der Waals surface area contributed by atoms with Crippen LogP contribution in [0.25, 0.3) is 0 Å². The van der Waals surface area contributed by atoms with E-state index in [1.54, 1.807) is 7.11 Å². The molecule has 0 aromatic rings.